The van der Waals surface area contributed by atoms with E-state index in [1.807, 2.05) is 0 Å². The van der Waals surface area contributed by atoms with Crippen LogP contribution in [0.15, 0.2) is 0 Å². The molecule has 1 rings (SSSR count). The third kappa shape index (κ3) is 126. The average Bonchev–Trinajstić information content (AvgIpc) is 3.53. The molecule has 0 aromatic heterocycles. The first-order chi connectivity index (χ1) is 42.9. The topological polar surface area (TPSA) is 338 Å². The fourth-order valence-corrected chi connectivity index (χ4v) is 10.3. The van der Waals surface area contributed by atoms with Crippen LogP contribution in [-0.2, 0) is 66.3 Å². The normalized spacial score (nSPS) is 12.6. The molecule has 0 radical (unpaired) electrons. The van der Waals surface area contributed by atoms with Gasteiger partial charge in [0.15, 0.2) is 0 Å². The molecule has 0 aliphatic heterocycles. The number of carboxylic acid groups (broad SMARTS) is 6. The van der Waals surface area contributed by atoms with E-state index in [2.05, 4.69) is 27.7 Å². The number of carbonyl (C=O) groups is 6. The van der Waals surface area contributed by atoms with E-state index < -0.39 is 52.3 Å². The molecule has 0 spiro atoms. The second-order valence-corrected chi connectivity index (χ2v) is 28.0. The average molecular weight is 1720 g/mol. The first-order valence-corrected chi connectivity index (χ1v) is 42.2. The molecule has 0 heterocycles. The summed E-state index contributed by atoms with van der Waals surface area (Å²) >= 11 is -0.472. The summed E-state index contributed by atoms with van der Waals surface area (Å²) in [6.45, 7) is 9.04. The SMILES string of the molecule is CCCCCCCCCCCCCCCC(=O)O.CCCCCCCCCCCCCCCC(=O)O.CCCCCCCCCCCCCCCC(=O)O.CCCCCCCCCCCCCCCC(=O)O.O=C(O)C(=O)O.[Cl][Pt+2][Cl].[NH-]C1CCCCC1[NH-].[NH2-].[NH2-].[Pt+2]. The number of halogens is 2. The van der Waals surface area contributed by atoms with E-state index in [1.165, 1.54) is 295 Å². The quantitative estimate of drug-likeness (QED) is 0.0244. The largest absolute Gasteiger partial charge is 2.00 e. The van der Waals surface area contributed by atoms with Crippen molar-refractivity contribution < 1.29 is 97.0 Å². The Morgan fingerprint density at radius 3 is 0.478 bits per heavy atom. The van der Waals surface area contributed by atoms with Crippen LogP contribution in [0.25, 0.3) is 23.8 Å². The van der Waals surface area contributed by atoms with Crippen molar-refractivity contribution in [2.75, 3.05) is 0 Å². The van der Waals surface area contributed by atoms with E-state index in [-0.39, 0.29) is 45.5 Å². The van der Waals surface area contributed by atoms with Crippen LogP contribution in [0.4, 0.5) is 0 Å². The number of hydrogen-bond acceptors (Lipinski definition) is 6. The summed E-state index contributed by atoms with van der Waals surface area (Å²) in [4.78, 5) is 59.4. The Balaban J connectivity index is -0.000000130. The standard InChI is InChI=1S/4C16H32O2.C6H12N2.C2H2O4.2ClH.2H2N.2Pt/c4*1-2-3-4-5-6-7-8-9-10-11-12-13-14-15-16(17)18;7-5-3-1-2-4-6(5)8;3-1(4)2(5)6;;;;;;/h4*2-15H2,1H3,(H,17,18);5-8H,1-4H2;(H,3,4)(H,5,6);2*1H;2*1H2;;/q;;;;-2;;;;2*-1;+2;+4/p-2. The zero-order chi connectivity index (χ0) is 67.8. The van der Waals surface area contributed by atoms with Gasteiger partial charge in [0.2, 0.25) is 0 Å². The minimum absolute atomic E-state index is 0. The smallest absolute Gasteiger partial charge is 0.693 e. The van der Waals surface area contributed by atoms with Crippen molar-refractivity contribution in [3.05, 3.63) is 23.8 Å². The van der Waals surface area contributed by atoms with Crippen LogP contribution >= 0.6 is 18.8 Å². The Hall–Kier alpha value is -1.38. The fraction of sp³-hybridized carbons (Fsp3) is 0.917. The summed E-state index contributed by atoms with van der Waals surface area (Å²) in [5.74, 6) is -6.27. The molecule has 92 heavy (non-hydrogen) atoms. The second kappa shape index (κ2) is 101. The maximum Gasteiger partial charge on any atom is 2.00 e. The van der Waals surface area contributed by atoms with E-state index in [9.17, 15) is 19.2 Å². The van der Waals surface area contributed by atoms with Gasteiger partial charge < -0.3 is 54.4 Å². The Kier molecular flexibility index (Phi) is 120. The van der Waals surface area contributed by atoms with Gasteiger partial charge in [-0.25, -0.2) is 9.59 Å². The molecule has 2 atom stereocenters. The van der Waals surface area contributed by atoms with Gasteiger partial charge in [-0.3, -0.25) is 19.2 Å². The third-order valence-corrected chi connectivity index (χ3v) is 15.9. The summed E-state index contributed by atoms with van der Waals surface area (Å²) in [6, 6.07) is -0.160. The van der Waals surface area contributed by atoms with E-state index in [0.717, 1.165) is 64.2 Å². The van der Waals surface area contributed by atoms with Gasteiger partial charge in [-0.1, -0.05) is 362 Å². The number of aliphatic carboxylic acids is 6. The predicted molar refractivity (Wildman–Crippen MR) is 384 cm³/mol. The molecule has 2 unspecified atom stereocenters. The summed E-state index contributed by atoms with van der Waals surface area (Å²) in [5, 5.41) is 48.7. The number of carboxylic acids is 6. The molecule has 0 bridgehead atoms. The molecule has 0 amide bonds. The van der Waals surface area contributed by atoms with E-state index in [0.29, 0.717) is 25.7 Å². The van der Waals surface area contributed by atoms with Crippen molar-refractivity contribution in [2.24, 2.45) is 0 Å². The first kappa shape index (κ1) is 109. The van der Waals surface area contributed by atoms with E-state index in [4.69, 9.17) is 70.5 Å². The van der Waals surface area contributed by atoms with Crippen molar-refractivity contribution in [1.29, 1.82) is 0 Å². The van der Waals surface area contributed by atoms with Crippen LogP contribution in [-0.4, -0.2) is 78.5 Å². The number of unbranched alkanes of at least 4 members (excludes halogenated alkanes) is 48. The van der Waals surface area contributed by atoms with Gasteiger partial charge in [-0.2, -0.15) is 12.1 Å². The minimum Gasteiger partial charge on any atom is -0.693 e. The van der Waals surface area contributed by atoms with Gasteiger partial charge >= 0.3 is 92.2 Å². The number of nitrogens with two attached hydrogens (primary N) is 2. The van der Waals surface area contributed by atoms with Gasteiger partial charge in [0.25, 0.3) is 0 Å². The van der Waals surface area contributed by atoms with Crippen LogP contribution in [0.3, 0.4) is 0 Å². The molecule has 0 saturated heterocycles. The van der Waals surface area contributed by atoms with Crippen LogP contribution in [0.2, 0.25) is 0 Å². The van der Waals surface area contributed by atoms with E-state index in [1.54, 1.807) is 0 Å². The molecular weight excluding hydrogens is 1570 g/mol. The number of hydrogen-bond donors (Lipinski definition) is 6. The van der Waals surface area contributed by atoms with Crippen LogP contribution in [0, 0.1) is 0 Å². The Bertz CT molecular complexity index is 1270. The molecule has 12 N–H and O–H groups in total. The molecule has 0 aromatic rings. The van der Waals surface area contributed by atoms with Gasteiger partial charge in [0, 0.05) is 25.7 Å². The molecule has 560 valence electrons. The van der Waals surface area contributed by atoms with E-state index >= 15 is 0 Å². The predicted octanol–water partition coefficient (Wildman–Crippen LogP) is 26.6. The minimum atomic E-state index is -1.82. The van der Waals surface area contributed by atoms with Crippen molar-refractivity contribution in [1.82, 2.24) is 0 Å². The van der Waals surface area contributed by atoms with Crippen molar-refractivity contribution >= 4 is 54.7 Å². The second-order valence-electron chi connectivity index (χ2n) is 24.7. The summed E-state index contributed by atoms with van der Waals surface area (Å²) < 4.78 is 0. The maximum atomic E-state index is 10.3. The molecule has 1 saturated carbocycles. The number of nitrogens with one attached hydrogen (secondary N) is 2. The number of rotatable bonds is 56. The van der Waals surface area contributed by atoms with Gasteiger partial charge in [-0.15, -0.1) is 0 Å². The zero-order valence-corrected chi connectivity index (χ0v) is 65.3. The molecular formula is C72H146Cl2N4O12Pt2. The van der Waals surface area contributed by atoms with Gasteiger partial charge in [0.1, 0.15) is 0 Å². The van der Waals surface area contributed by atoms with Crippen molar-refractivity contribution in [2.45, 2.75) is 425 Å². The Morgan fingerprint density at radius 2 is 0.391 bits per heavy atom. The molecule has 1 fully saturated rings. The molecule has 1 aliphatic rings. The maximum absolute atomic E-state index is 10.3. The molecule has 20 heteroatoms. The third-order valence-electron chi connectivity index (χ3n) is 15.9. The zero-order valence-electron chi connectivity index (χ0n) is 59.3. The first-order valence-electron chi connectivity index (χ1n) is 36.5. The van der Waals surface area contributed by atoms with Crippen LogP contribution < -0.4 is 0 Å². The summed E-state index contributed by atoms with van der Waals surface area (Å²) in [7, 11) is 9.75. The van der Waals surface area contributed by atoms with Crippen molar-refractivity contribution in [3.8, 4) is 0 Å². The van der Waals surface area contributed by atoms with Crippen LogP contribution in [0.1, 0.15) is 413 Å². The molecule has 1 aliphatic carbocycles. The van der Waals surface area contributed by atoms with Crippen LogP contribution in [0.5, 0.6) is 0 Å². The Morgan fingerprint density at radius 1 is 0.283 bits per heavy atom. The molecule has 16 nitrogen and oxygen atoms in total. The monoisotopic (exact) mass is 1720 g/mol. The van der Waals surface area contributed by atoms with Gasteiger partial charge in [-0.05, 0) is 25.7 Å². The van der Waals surface area contributed by atoms with Gasteiger partial charge in [0.05, 0.1) is 0 Å². The fourth-order valence-electron chi connectivity index (χ4n) is 10.3. The Labute approximate surface area is 596 Å². The molecule has 0 aromatic carbocycles. The summed E-state index contributed by atoms with van der Waals surface area (Å²) in [6.07, 6.45) is 73.3. The summed E-state index contributed by atoms with van der Waals surface area (Å²) in [5.41, 5.74) is 14.6. The van der Waals surface area contributed by atoms with Crippen molar-refractivity contribution in [3.63, 3.8) is 0 Å².